The van der Waals surface area contributed by atoms with Crippen molar-refractivity contribution in [1.29, 1.82) is 0 Å². The van der Waals surface area contributed by atoms with E-state index in [9.17, 15) is 4.79 Å². The van der Waals surface area contributed by atoms with Crippen LogP contribution in [-0.2, 0) is 16.0 Å². The van der Waals surface area contributed by atoms with E-state index < -0.39 is 0 Å². The summed E-state index contributed by atoms with van der Waals surface area (Å²) in [5, 5.41) is 5.63. The molecule has 0 fully saturated rings. The van der Waals surface area contributed by atoms with Crippen LogP contribution in [0.25, 0.3) is 5.69 Å². The van der Waals surface area contributed by atoms with Gasteiger partial charge in [-0.2, -0.15) is 5.10 Å². The molecule has 6 heteroatoms. The van der Waals surface area contributed by atoms with Crippen LogP contribution in [0.1, 0.15) is 23.4 Å². The number of hydrogen-bond donors (Lipinski definition) is 0. The van der Waals surface area contributed by atoms with Crippen LogP contribution in [0.4, 0.5) is 0 Å². The molecular formula is C15H16Cl2N2O2. The highest BCUT2D eigenvalue weighted by Crippen LogP contribution is 2.27. The lowest BCUT2D eigenvalue weighted by molar-refractivity contribution is -0.140. The Morgan fingerprint density at radius 3 is 2.67 bits per heavy atom. The van der Waals surface area contributed by atoms with Crippen LogP contribution in [0.2, 0.25) is 10.0 Å². The number of hydrogen-bond acceptors (Lipinski definition) is 3. The monoisotopic (exact) mass is 326 g/mol. The zero-order valence-corrected chi connectivity index (χ0v) is 13.6. The van der Waals surface area contributed by atoms with Gasteiger partial charge in [-0.05, 0) is 44.0 Å². The Kier molecular flexibility index (Phi) is 4.91. The largest absolute Gasteiger partial charge is 0.469 e. The van der Waals surface area contributed by atoms with Crippen molar-refractivity contribution in [3.8, 4) is 5.69 Å². The van der Waals surface area contributed by atoms with Crippen LogP contribution < -0.4 is 0 Å². The molecule has 0 N–H and O–H groups in total. The third kappa shape index (κ3) is 3.39. The number of carbonyl (C=O) groups excluding carboxylic acids is 1. The van der Waals surface area contributed by atoms with Gasteiger partial charge in [-0.3, -0.25) is 4.79 Å². The minimum Gasteiger partial charge on any atom is -0.469 e. The molecule has 0 bridgehead atoms. The first-order valence-electron chi connectivity index (χ1n) is 6.51. The number of esters is 1. The third-order valence-corrected chi connectivity index (χ3v) is 3.92. The average molecular weight is 327 g/mol. The maximum Gasteiger partial charge on any atom is 0.305 e. The van der Waals surface area contributed by atoms with Crippen LogP contribution in [0.5, 0.6) is 0 Å². The van der Waals surface area contributed by atoms with Crippen LogP contribution in [0, 0.1) is 13.8 Å². The Bertz CT molecular complexity index is 681. The number of methoxy groups -OCH3 is 1. The summed E-state index contributed by atoms with van der Waals surface area (Å²) in [7, 11) is 1.39. The zero-order valence-electron chi connectivity index (χ0n) is 12.1. The van der Waals surface area contributed by atoms with E-state index in [1.54, 1.807) is 16.8 Å². The van der Waals surface area contributed by atoms with E-state index in [4.69, 9.17) is 23.2 Å². The number of nitrogens with zero attached hydrogens (tertiary/aromatic N) is 2. The molecular weight excluding hydrogens is 311 g/mol. The Morgan fingerprint density at radius 2 is 2.05 bits per heavy atom. The summed E-state index contributed by atoms with van der Waals surface area (Å²) in [4.78, 5) is 11.3. The molecule has 112 valence electrons. The standard InChI is InChI=1S/C15H16Cl2N2O2/c1-9-12(5-7-15(20)21-3)10(2)19(18-9)14-6-4-11(16)8-13(14)17/h4,6,8H,5,7H2,1-3H3. The van der Waals surface area contributed by atoms with Crippen LogP contribution in [0.3, 0.4) is 0 Å². The first-order chi connectivity index (χ1) is 9.93. The fraction of sp³-hybridized carbons (Fsp3) is 0.333. The molecule has 1 aromatic carbocycles. The summed E-state index contributed by atoms with van der Waals surface area (Å²) in [6, 6.07) is 5.28. The maximum atomic E-state index is 11.3. The van der Waals surface area contributed by atoms with Crippen molar-refractivity contribution in [2.45, 2.75) is 26.7 Å². The second-order valence-electron chi connectivity index (χ2n) is 4.73. The van der Waals surface area contributed by atoms with E-state index in [1.165, 1.54) is 7.11 Å². The number of rotatable bonds is 4. The van der Waals surface area contributed by atoms with Gasteiger partial charge in [0, 0.05) is 17.1 Å². The molecule has 1 heterocycles. The Balaban J connectivity index is 2.36. The van der Waals surface area contributed by atoms with Gasteiger partial charge in [0.1, 0.15) is 0 Å². The van der Waals surface area contributed by atoms with Crippen molar-refractivity contribution >= 4 is 29.2 Å². The van der Waals surface area contributed by atoms with E-state index in [-0.39, 0.29) is 5.97 Å². The molecule has 0 atom stereocenters. The van der Waals surface area contributed by atoms with Crippen molar-refractivity contribution in [3.63, 3.8) is 0 Å². The lowest BCUT2D eigenvalue weighted by atomic mass is 10.1. The molecule has 0 saturated heterocycles. The lowest BCUT2D eigenvalue weighted by Crippen LogP contribution is -2.04. The van der Waals surface area contributed by atoms with Gasteiger partial charge in [-0.25, -0.2) is 4.68 Å². The first kappa shape index (κ1) is 15.9. The molecule has 0 spiro atoms. The van der Waals surface area contributed by atoms with E-state index in [2.05, 4.69) is 9.84 Å². The quantitative estimate of drug-likeness (QED) is 0.800. The van der Waals surface area contributed by atoms with Crippen LogP contribution >= 0.6 is 23.2 Å². The minimum atomic E-state index is -0.230. The molecule has 2 aromatic rings. The highest BCUT2D eigenvalue weighted by Gasteiger charge is 2.16. The second kappa shape index (κ2) is 6.50. The predicted molar refractivity (Wildman–Crippen MR) is 83.4 cm³/mol. The fourth-order valence-corrected chi connectivity index (χ4v) is 2.74. The molecule has 0 saturated carbocycles. The molecule has 0 amide bonds. The summed E-state index contributed by atoms with van der Waals surface area (Å²) in [5.41, 5.74) is 3.64. The van der Waals surface area contributed by atoms with E-state index in [1.807, 2.05) is 19.9 Å². The van der Waals surface area contributed by atoms with Crippen molar-refractivity contribution in [3.05, 3.63) is 45.2 Å². The highest BCUT2D eigenvalue weighted by atomic mass is 35.5. The summed E-state index contributed by atoms with van der Waals surface area (Å²) in [5.74, 6) is -0.230. The van der Waals surface area contributed by atoms with Gasteiger partial charge < -0.3 is 4.74 Å². The third-order valence-electron chi connectivity index (χ3n) is 3.39. The molecule has 2 rings (SSSR count). The number of benzene rings is 1. The van der Waals surface area contributed by atoms with E-state index in [0.717, 1.165) is 22.6 Å². The Morgan fingerprint density at radius 1 is 1.33 bits per heavy atom. The van der Waals surface area contributed by atoms with Crippen molar-refractivity contribution in [2.75, 3.05) is 7.11 Å². The van der Waals surface area contributed by atoms with Gasteiger partial charge >= 0.3 is 5.97 Å². The SMILES string of the molecule is COC(=O)CCc1c(C)nn(-c2ccc(Cl)cc2Cl)c1C. The lowest BCUT2D eigenvalue weighted by Gasteiger charge is -2.08. The number of aromatic nitrogens is 2. The van der Waals surface area contributed by atoms with Gasteiger partial charge in [-0.1, -0.05) is 23.2 Å². The molecule has 0 aliphatic heterocycles. The van der Waals surface area contributed by atoms with Gasteiger partial charge in [0.2, 0.25) is 0 Å². The maximum absolute atomic E-state index is 11.3. The van der Waals surface area contributed by atoms with Gasteiger partial charge in [0.25, 0.3) is 0 Å². The molecule has 0 unspecified atom stereocenters. The van der Waals surface area contributed by atoms with Gasteiger partial charge in [0.05, 0.1) is 23.5 Å². The predicted octanol–water partition coefficient (Wildman–Crippen LogP) is 3.90. The van der Waals surface area contributed by atoms with Crippen LogP contribution in [-0.4, -0.2) is 22.9 Å². The summed E-state index contributed by atoms with van der Waals surface area (Å²) >= 11 is 12.1. The Labute approximate surface area is 133 Å². The normalized spacial score (nSPS) is 10.7. The van der Waals surface area contributed by atoms with E-state index >= 15 is 0 Å². The smallest absolute Gasteiger partial charge is 0.305 e. The number of carbonyl (C=O) groups is 1. The van der Waals surface area contributed by atoms with Crippen molar-refractivity contribution < 1.29 is 9.53 Å². The minimum absolute atomic E-state index is 0.230. The van der Waals surface area contributed by atoms with Crippen LogP contribution in [0.15, 0.2) is 18.2 Å². The fourth-order valence-electron chi connectivity index (χ4n) is 2.25. The highest BCUT2D eigenvalue weighted by molar-refractivity contribution is 6.35. The molecule has 0 aliphatic rings. The molecule has 0 radical (unpaired) electrons. The van der Waals surface area contributed by atoms with Crippen molar-refractivity contribution in [1.82, 2.24) is 9.78 Å². The average Bonchev–Trinajstić information content (AvgIpc) is 2.71. The van der Waals surface area contributed by atoms with E-state index in [0.29, 0.717) is 22.9 Å². The number of aryl methyl sites for hydroxylation is 1. The van der Waals surface area contributed by atoms with Gasteiger partial charge in [0.15, 0.2) is 0 Å². The Hall–Kier alpha value is -1.52. The zero-order chi connectivity index (χ0) is 15.6. The number of halogens is 2. The molecule has 0 aliphatic carbocycles. The summed E-state index contributed by atoms with van der Waals surface area (Å²) in [6.45, 7) is 3.87. The molecule has 1 aromatic heterocycles. The topological polar surface area (TPSA) is 44.1 Å². The first-order valence-corrected chi connectivity index (χ1v) is 7.27. The van der Waals surface area contributed by atoms with Gasteiger partial charge in [-0.15, -0.1) is 0 Å². The second-order valence-corrected chi connectivity index (χ2v) is 5.58. The molecule has 21 heavy (non-hydrogen) atoms. The molecule has 4 nitrogen and oxygen atoms in total. The number of ether oxygens (including phenoxy) is 1. The summed E-state index contributed by atoms with van der Waals surface area (Å²) < 4.78 is 6.45. The summed E-state index contributed by atoms with van der Waals surface area (Å²) in [6.07, 6.45) is 0.924. The van der Waals surface area contributed by atoms with Crippen molar-refractivity contribution in [2.24, 2.45) is 0 Å².